The molecule has 0 saturated carbocycles. The van der Waals surface area contributed by atoms with Gasteiger partial charge < -0.3 is 0 Å². The van der Waals surface area contributed by atoms with Crippen LogP contribution in [0.2, 0.25) is 5.02 Å². The Balaban J connectivity index is 2.39. The number of carbonyl (C=O) groups is 1. The van der Waals surface area contributed by atoms with Crippen molar-refractivity contribution in [1.82, 2.24) is 4.72 Å². The zero-order chi connectivity index (χ0) is 17.7. The van der Waals surface area contributed by atoms with Crippen LogP contribution in [0.25, 0.3) is 0 Å². The van der Waals surface area contributed by atoms with Crippen molar-refractivity contribution in [3.63, 3.8) is 0 Å². The van der Waals surface area contributed by atoms with Gasteiger partial charge in [-0.05, 0) is 29.8 Å². The lowest BCUT2D eigenvalue weighted by molar-refractivity contribution is -0.115. The second-order valence-corrected chi connectivity index (χ2v) is 7.37. The Bertz CT molecular complexity index is 830. The van der Waals surface area contributed by atoms with Crippen molar-refractivity contribution >= 4 is 27.4 Å². The molecule has 0 heterocycles. The highest BCUT2D eigenvalue weighted by Crippen LogP contribution is 2.25. The van der Waals surface area contributed by atoms with Crippen LogP contribution in [0.15, 0.2) is 71.6 Å². The Labute approximate surface area is 147 Å². The van der Waals surface area contributed by atoms with Gasteiger partial charge in [-0.25, -0.2) is 8.42 Å². The van der Waals surface area contributed by atoms with E-state index in [1.54, 1.807) is 31.2 Å². The average Bonchev–Trinajstić information content (AvgIpc) is 2.59. The first kappa shape index (κ1) is 18.4. The van der Waals surface area contributed by atoms with Gasteiger partial charge in [0.25, 0.3) is 0 Å². The van der Waals surface area contributed by atoms with E-state index in [1.807, 2.05) is 6.07 Å². The summed E-state index contributed by atoms with van der Waals surface area (Å²) in [5.41, 5.74) is 0.864. The molecule has 0 aliphatic heterocycles. The summed E-state index contributed by atoms with van der Waals surface area (Å²) in [5, 5.41) is 0.444. The summed E-state index contributed by atoms with van der Waals surface area (Å²) in [7, 11) is -3.83. The van der Waals surface area contributed by atoms with E-state index in [0.717, 1.165) is 0 Å². The van der Waals surface area contributed by atoms with Gasteiger partial charge in [0.05, 0.1) is 10.9 Å². The van der Waals surface area contributed by atoms with Crippen LogP contribution in [0.1, 0.15) is 24.9 Å². The number of hydrogen-bond acceptors (Lipinski definition) is 3. The summed E-state index contributed by atoms with van der Waals surface area (Å²) in [5.74, 6) is -0.192. The quantitative estimate of drug-likeness (QED) is 0.759. The van der Waals surface area contributed by atoms with E-state index in [4.69, 9.17) is 11.6 Å². The highest BCUT2D eigenvalue weighted by atomic mass is 35.5. The lowest BCUT2D eigenvalue weighted by Gasteiger charge is -2.21. The molecule has 0 amide bonds. The largest absolute Gasteiger partial charge is 0.295 e. The number of Topliss-reactive ketones (excluding diaryl/α,β-unsaturated/α-hetero) is 1. The maximum absolute atomic E-state index is 12.6. The van der Waals surface area contributed by atoms with Crippen LogP contribution in [0.3, 0.4) is 0 Å². The van der Waals surface area contributed by atoms with Gasteiger partial charge in [-0.15, -0.1) is 0 Å². The summed E-state index contributed by atoms with van der Waals surface area (Å²) < 4.78 is 27.8. The monoisotopic (exact) mass is 363 g/mol. The van der Waals surface area contributed by atoms with E-state index < -0.39 is 16.1 Å². The summed E-state index contributed by atoms with van der Waals surface area (Å²) in [6.07, 6.45) is 0.255. The number of rotatable bonds is 7. The Morgan fingerprint density at radius 1 is 1.12 bits per heavy atom. The summed E-state index contributed by atoms with van der Waals surface area (Å²) in [6.45, 7) is 5.51. The Kier molecular flexibility index (Phi) is 5.94. The van der Waals surface area contributed by atoms with Crippen LogP contribution in [0.5, 0.6) is 0 Å². The van der Waals surface area contributed by atoms with Crippen LogP contribution < -0.4 is 4.72 Å². The van der Waals surface area contributed by atoms with Crippen LogP contribution in [0.4, 0.5) is 0 Å². The molecule has 0 aromatic heterocycles. The van der Waals surface area contributed by atoms with Crippen LogP contribution in [0, 0.1) is 0 Å². The number of halogens is 1. The molecule has 0 bridgehead atoms. The predicted octanol–water partition coefficient (Wildman–Crippen LogP) is 3.89. The molecule has 1 atom stereocenters. The highest BCUT2D eigenvalue weighted by Gasteiger charge is 2.26. The van der Waals surface area contributed by atoms with Crippen molar-refractivity contribution in [2.75, 3.05) is 0 Å². The van der Waals surface area contributed by atoms with Crippen molar-refractivity contribution in [3.8, 4) is 0 Å². The normalized spacial score (nSPS) is 12.6. The number of sulfonamides is 1. The van der Waals surface area contributed by atoms with Gasteiger partial charge in [0.15, 0.2) is 5.78 Å². The van der Waals surface area contributed by atoms with E-state index in [2.05, 4.69) is 11.3 Å². The van der Waals surface area contributed by atoms with Gasteiger partial charge in [-0.3, -0.25) is 4.79 Å². The van der Waals surface area contributed by atoms with Gasteiger partial charge in [-0.1, -0.05) is 55.4 Å². The SMILES string of the molecule is C=C(C(=O)CC)[C@@H](NS(=O)(=O)c1ccc(Cl)cc1)c1ccccc1. The fraction of sp³-hybridized carbons (Fsp3) is 0.167. The molecule has 24 heavy (non-hydrogen) atoms. The minimum atomic E-state index is -3.83. The van der Waals surface area contributed by atoms with Gasteiger partial charge in [0, 0.05) is 17.0 Å². The first-order valence-corrected chi connectivity index (χ1v) is 9.26. The zero-order valence-electron chi connectivity index (χ0n) is 13.2. The molecular weight excluding hydrogens is 346 g/mol. The van der Waals surface area contributed by atoms with Crippen LogP contribution in [-0.4, -0.2) is 14.2 Å². The van der Waals surface area contributed by atoms with Crippen molar-refractivity contribution in [2.45, 2.75) is 24.3 Å². The molecule has 2 aromatic rings. The van der Waals surface area contributed by atoms with E-state index in [9.17, 15) is 13.2 Å². The first-order valence-electron chi connectivity index (χ1n) is 7.40. The maximum Gasteiger partial charge on any atom is 0.241 e. The third kappa shape index (κ3) is 4.32. The van der Waals surface area contributed by atoms with Crippen LogP contribution in [-0.2, 0) is 14.8 Å². The Morgan fingerprint density at radius 3 is 2.25 bits per heavy atom. The second kappa shape index (κ2) is 7.75. The van der Waals surface area contributed by atoms with Crippen molar-refractivity contribution in [2.24, 2.45) is 0 Å². The average molecular weight is 364 g/mol. The van der Waals surface area contributed by atoms with Gasteiger partial charge in [0.2, 0.25) is 10.0 Å². The molecule has 0 spiro atoms. The fourth-order valence-corrected chi connectivity index (χ4v) is 3.56. The predicted molar refractivity (Wildman–Crippen MR) is 95.4 cm³/mol. The van der Waals surface area contributed by atoms with Gasteiger partial charge >= 0.3 is 0 Å². The lowest BCUT2D eigenvalue weighted by Crippen LogP contribution is -2.31. The van der Waals surface area contributed by atoms with Crippen molar-refractivity contribution in [3.05, 3.63) is 77.3 Å². The number of ketones is 1. The molecule has 0 fully saturated rings. The molecule has 4 nitrogen and oxygen atoms in total. The molecular formula is C18H18ClNO3S. The molecule has 0 radical (unpaired) electrons. The molecule has 0 unspecified atom stereocenters. The van der Waals surface area contributed by atoms with Gasteiger partial charge in [0.1, 0.15) is 0 Å². The van der Waals surface area contributed by atoms with E-state index in [1.165, 1.54) is 24.3 Å². The molecule has 2 aromatic carbocycles. The second-order valence-electron chi connectivity index (χ2n) is 5.22. The highest BCUT2D eigenvalue weighted by molar-refractivity contribution is 7.89. The first-order chi connectivity index (χ1) is 11.3. The topological polar surface area (TPSA) is 63.2 Å². The van der Waals surface area contributed by atoms with E-state index in [-0.39, 0.29) is 22.7 Å². The molecule has 126 valence electrons. The smallest absolute Gasteiger partial charge is 0.241 e. The zero-order valence-corrected chi connectivity index (χ0v) is 14.8. The van der Waals surface area contributed by atoms with Crippen molar-refractivity contribution in [1.29, 1.82) is 0 Å². The van der Waals surface area contributed by atoms with E-state index >= 15 is 0 Å². The Hall–Kier alpha value is -1.95. The standard InChI is InChI=1S/C18H18ClNO3S/c1-3-17(21)13(2)18(14-7-5-4-6-8-14)20-24(22,23)16-11-9-15(19)10-12-16/h4-12,18,20H,2-3H2,1H3/t18-/m1/s1. The molecule has 2 rings (SSSR count). The number of benzene rings is 2. The number of hydrogen-bond donors (Lipinski definition) is 1. The molecule has 6 heteroatoms. The van der Waals surface area contributed by atoms with Crippen LogP contribution >= 0.6 is 11.6 Å². The van der Waals surface area contributed by atoms with E-state index in [0.29, 0.717) is 10.6 Å². The lowest BCUT2D eigenvalue weighted by atomic mass is 9.97. The third-order valence-electron chi connectivity index (χ3n) is 3.56. The molecule has 0 aliphatic rings. The van der Waals surface area contributed by atoms with Gasteiger partial charge in [-0.2, -0.15) is 4.72 Å². The summed E-state index contributed by atoms with van der Waals surface area (Å²) in [6, 6.07) is 13.9. The number of carbonyl (C=O) groups excluding carboxylic acids is 1. The number of nitrogens with one attached hydrogen (secondary N) is 1. The minimum Gasteiger partial charge on any atom is -0.295 e. The molecule has 0 aliphatic carbocycles. The summed E-state index contributed by atoms with van der Waals surface area (Å²) >= 11 is 5.80. The third-order valence-corrected chi connectivity index (χ3v) is 5.25. The Morgan fingerprint density at radius 2 is 1.71 bits per heavy atom. The molecule has 0 saturated heterocycles. The summed E-state index contributed by atoms with van der Waals surface area (Å²) in [4.78, 5) is 12.1. The van der Waals surface area contributed by atoms with Crippen molar-refractivity contribution < 1.29 is 13.2 Å². The fourth-order valence-electron chi connectivity index (χ4n) is 2.21. The minimum absolute atomic E-state index is 0.0737. The molecule has 1 N–H and O–H groups in total. The maximum atomic E-state index is 12.6.